The third kappa shape index (κ3) is 1.23. The van der Waals surface area contributed by atoms with Crippen molar-refractivity contribution in [2.45, 2.75) is 6.54 Å². The van der Waals surface area contributed by atoms with Crippen LogP contribution in [0.3, 0.4) is 0 Å². The predicted molar refractivity (Wildman–Crippen MR) is 54.0 cm³/mol. The summed E-state index contributed by atoms with van der Waals surface area (Å²) in [5, 5.41) is 0.977. The van der Waals surface area contributed by atoms with E-state index in [1.807, 2.05) is 24.3 Å². The first-order chi connectivity index (χ1) is 6.33. The minimum atomic E-state index is 0.434. The minimum absolute atomic E-state index is 0.434. The Morgan fingerprint density at radius 3 is 2.77 bits per heavy atom. The van der Waals surface area contributed by atoms with Gasteiger partial charge in [0.1, 0.15) is 0 Å². The highest BCUT2D eigenvalue weighted by atomic mass is 14.7. The van der Waals surface area contributed by atoms with Crippen molar-refractivity contribution in [3.63, 3.8) is 0 Å². The zero-order valence-electron chi connectivity index (χ0n) is 7.20. The number of rotatable bonds is 1. The minimum Gasteiger partial charge on any atom is -0.398 e. The van der Waals surface area contributed by atoms with Crippen LogP contribution >= 0.6 is 0 Å². The van der Waals surface area contributed by atoms with Gasteiger partial charge in [0.25, 0.3) is 0 Å². The maximum atomic E-state index is 5.91. The number of benzene rings is 1. The van der Waals surface area contributed by atoms with Gasteiger partial charge >= 0.3 is 0 Å². The first kappa shape index (κ1) is 8.01. The molecule has 0 atom stereocenters. The van der Waals surface area contributed by atoms with Crippen LogP contribution in [-0.2, 0) is 6.54 Å². The van der Waals surface area contributed by atoms with Crippen LogP contribution in [0.4, 0.5) is 5.69 Å². The zero-order chi connectivity index (χ0) is 9.26. The molecule has 0 aliphatic carbocycles. The molecule has 4 N–H and O–H groups in total. The monoisotopic (exact) mass is 173 g/mol. The Kier molecular flexibility index (Phi) is 1.87. The van der Waals surface area contributed by atoms with Crippen LogP contribution in [0, 0.1) is 0 Å². The molecular formula is C10H11N3. The van der Waals surface area contributed by atoms with Gasteiger partial charge in [-0.05, 0) is 6.07 Å². The molecule has 66 valence electrons. The van der Waals surface area contributed by atoms with E-state index in [0.29, 0.717) is 6.54 Å². The molecule has 0 fully saturated rings. The topological polar surface area (TPSA) is 64.9 Å². The lowest BCUT2D eigenvalue weighted by molar-refractivity contribution is 1.06. The fourth-order valence-corrected chi connectivity index (χ4v) is 1.37. The number of nitrogens with zero attached hydrogens (tertiary/aromatic N) is 1. The number of nitrogen functional groups attached to an aromatic ring is 1. The van der Waals surface area contributed by atoms with Crippen LogP contribution in [0.25, 0.3) is 10.9 Å². The van der Waals surface area contributed by atoms with Gasteiger partial charge in [0.15, 0.2) is 0 Å². The molecule has 1 aromatic carbocycles. The Balaban J connectivity index is 2.79. The number of para-hydroxylation sites is 1. The summed E-state index contributed by atoms with van der Waals surface area (Å²) >= 11 is 0. The molecule has 3 nitrogen and oxygen atoms in total. The molecule has 2 rings (SSSR count). The standard InChI is InChI=1S/C10H11N3/c11-5-7-6-13-9-4-2-1-3-8(9)10(7)12/h1-4,6H,5,11H2,(H2,12,13). The van der Waals surface area contributed by atoms with Gasteiger partial charge in [-0.25, -0.2) is 0 Å². The normalized spacial score (nSPS) is 10.5. The molecule has 0 amide bonds. The summed E-state index contributed by atoms with van der Waals surface area (Å²) < 4.78 is 0. The number of pyridine rings is 1. The molecule has 0 aliphatic heterocycles. The van der Waals surface area contributed by atoms with Crippen LogP contribution in [-0.4, -0.2) is 4.98 Å². The van der Waals surface area contributed by atoms with Crippen LogP contribution in [0.15, 0.2) is 30.5 Å². The van der Waals surface area contributed by atoms with Gasteiger partial charge < -0.3 is 11.5 Å². The van der Waals surface area contributed by atoms with E-state index in [-0.39, 0.29) is 0 Å². The molecule has 0 radical (unpaired) electrons. The number of nitrogens with two attached hydrogens (primary N) is 2. The van der Waals surface area contributed by atoms with Crippen molar-refractivity contribution in [1.29, 1.82) is 0 Å². The number of hydrogen-bond donors (Lipinski definition) is 2. The molecule has 3 heteroatoms. The third-order valence-electron chi connectivity index (χ3n) is 2.12. The van der Waals surface area contributed by atoms with E-state index in [1.165, 1.54) is 0 Å². The number of anilines is 1. The summed E-state index contributed by atoms with van der Waals surface area (Å²) in [7, 11) is 0. The van der Waals surface area contributed by atoms with Crippen molar-refractivity contribution in [3.8, 4) is 0 Å². The molecule has 0 saturated heterocycles. The molecule has 0 bridgehead atoms. The van der Waals surface area contributed by atoms with Crippen molar-refractivity contribution >= 4 is 16.6 Å². The molecule has 1 aromatic heterocycles. The summed E-state index contributed by atoms with van der Waals surface area (Å²) in [6.07, 6.45) is 1.73. The van der Waals surface area contributed by atoms with Crippen molar-refractivity contribution in [2.24, 2.45) is 5.73 Å². The number of fused-ring (bicyclic) bond motifs is 1. The zero-order valence-corrected chi connectivity index (χ0v) is 7.20. The Hall–Kier alpha value is -1.61. The lowest BCUT2D eigenvalue weighted by Crippen LogP contribution is -2.02. The van der Waals surface area contributed by atoms with E-state index in [4.69, 9.17) is 11.5 Å². The van der Waals surface area contributed by atoms with Crippen molar-refractivity contribution in [2.75, 3.05) is 5.73 Å². The molecular weight excluding hydrogens is 162 g/mol. The highest BCUT2D eigenvalue weighted by Gasteiger charge is 2.02. The van der Waals surface area contributed by atoms with E-state index in [1.54, 1.807) is 6.20 Å². The molecule has 0 spiro atoms. The lowest BCUT2D eigenvalue weighted by Gasteiger charge is -2.05. The van der Waals surface area contributed by atoms with Gasteiger partial charge in [-0.2, -0.15) is 0 Å². The van der Waals surface area contributed by atoms with Crippen molar-refractivity contribution < 1.29 is 0 Å². The highest BCUT2D eigenvalue weighted by Crippen LogP contribution is 2.21. The molecule has 0 aliphatic rings. The van der Waals surface area contributed by atoms with Gasteiger partial charge in [0.05, 0.1) is 5.52 Å². The van der Waals surface area contributed by atoms with Gasteiger partial charge in [-0.3, -0.25) is 4.98 Å². The molecule has 2 aromatic rings. The molecule has 0 unspecified atom stereocenters. The van der Waals surface area contributed by atoms with E-state index in [2.05, 4.69) is 4.98 Å². The Morgan fingerprint density at radius 2 is 2.00 bits per heavy atom. The first-order valence-corrected chi connectivity index (χ1v) is 4.15. The average molecular weight is 173 g/mol. The van der Waals surface area contributed by atoms with Crippen LogP contribution in [0.2, 0.25) is 0 Å². The van der Waals surface area contributed by atoms with Gasteiger partial charge in [0, 0.05) is 29.4 Å². The smallest absolute Gasteiger partial charge is 0.0722 e. The predicted octanol–water partition coefficient (Wildman–Crippen LogP) is 1.28. The Labute approximate surface area is 76.4 Å². The fraction of sp³-hybridized carbons (Fsp3) is 0.100. The number of hydrogen-bond acceptors (Lipinski definition) is 3. The van der Waals surface area contributed by atoms with Gasteiger partial charge in [-0.15, -0.1) is 0 Å². The largest absolute Gasteiger partial charge is 0.398 e. The van der Waals surface area contributed by atoms with E-state index >= 15 is 0 Å². The molecule has 0 saturated carbocycles. The highest BCUT2D eigenvalue weighted by molar-refractivity contribution is 5.91. The van der Waals surface area contributed by atoms with E-state index in [9.17, 15) is 0 Å². The summed E-state index contributed by atoms with van der Waals surface area (Å²) in [4.78, 5) is 4.25. The summed E-state index contributed by atoms with van der Waals surface area (Å²) in [6, 6.07) is 7.78. The van der Waals surface area contributed by atoms with Crippen LogP contribution in [0.1, 0.15) is 5.56 Å². The average Bonchev–Trinajstić information content (AvgIpc) is 2.19. The fourth-order valence-electron chi connectivity index (χ4n) is 1.37. The molecule has 1 heterocycles. The second-order valence-corrected chi connectivity index (χ2v) is 2.92. The second kappa shape index (κ2) is 3.03. The summed E-state index contributed by atoms with van der Waals surface area (Å²) in [6.45, 7) is 0.434. The SMILES string of the molecule is NCc1cnc2ccccc2c1N. The maximum Gasteiger partial charge on any atom is 0.0722 e. The first-order valence-electron chi connectivity index (χ1n) is 4.15. The van der Waals surface area contributed by atoms with E-state index in [0.717, 1.165) is 22.2 Å². The van der Waals surface area contributed by atoms with Crippen LogP contribution < -0.4 is 11.5 Å². The quantitative estimate of drug-likeness (QED) is 0.682. The van der Waals surface area contributed by atoms with Gasteiger partial charge in [0.2, 0.25) is 0 Å². The number of aromatic nitrogens is 1. The summed E-state index contributed by atoms with van der Waals surface area (Å²) in [5.41, 5.74) is 14.0. The second-order valence-electron chi connectivity index (χ2n) is 2.92. The third-order valence-corrected chi connectivity index (χ3v) is 2.12. The van der Waals surface area contributed by atoms with E-state index < -0.39 is 0 Å². The Morgan fingerprint density at radius 1 is 1.23 bits per heavy atom. The lowest BCUT2D eigenvalue weighted by atomic mass is 10.1. The van der Waals surface area contributed by atoms with Crippen LogP contribution in [0.5, 0.6) is 0 Å². The van der Waals surface area contributed by atoms with Crippen molar-refractivity contribution in [1.82, 2.24) is 4.98 Å². The Bertz CT molecular complexity index is 437. The molecule has 13 heavy (non-hydrogen) atoms. The summed E-state index contributed by atoms with van der Waals surface area (Å²) in [5.74, 6) is 0. The van der Waals surface area contributed by atoms with Crippen molar-refractivity contribution in [3.05, 3.63) is 36.0 Å². The maximum absolute atomic E-state index is 5.91. The van der Waals surface area contributed by atoms with Gasteiger partial charge in [-0.1, -0.05) is 18.2 Å².